The molecule has 8 heteroatoms. The van der Waals surface area contributed by atoms with Crippen LogP contribution in [0.25, 0.3) is 17.0 Å². The van der Waals surface area contributed by atoms with Crippen molar-refractivity contribution in [3.05, 3.63) is 87.2 Å². The number of aromatic nitrogens is 2. The fraction of sp³-hybridized carbons (Fsp3) is 0.174. The summed E-state index contributed by atoms with van der Waals surface area (Å²) in [7, 11) is 0. The number of oxime groups is 1. The normalized spacial score (nSPS) is 11.8. The van der Waals surface area contributed by atoms with Crippen molar-refractivity contribution >= 4 is 23.6 Å². The summed E-state index contributed by atoms with van der Waals surface area (Å²) in [6.07, 6.45) is 3.59. The zero-order valence-corrected chi connectivity index (χ0v) is 17.8. The van der Waals surface area contributed by atoms with E-state index in [9.17, 15) is 14.3 Å². The van der Waals surface area contributed by atoms with Crippen molar-refractivity contribution in [1.82, 2.24) is 9.55 Å². The molecule has 31 heavy (non-hydrogen) atoms. The second kappa shape index (κ2) is 10.0. The molecule has 0 aliphatic carbocycles. The minimum atomic E-state index is -0.901. The number of halogens is 2. The Morgan fingerprint density at radius 1 is 1.29 bits per heavy atom. The van der Waals surface area contributed by atoms with Crippen molar-refractivity contribution in [2.75, 3.05) is 0 Å². The maximum Gasteiger partial charge on any atom is 0.254 e. The van der Waals surface area contributed by atoms with E-state index < -0.39 is 11.6 Å². The van der Waals surface area contributed by atoms with Crippen molar-refractivity contribution < 1.29 is 14.3 Å². The smallest absolute Gasteiger partial charge is 0.254 e. The minimum Gasteiger partial charge on any atom is -0.505 e. The van der Waals surface area contributed by atoms with Gasteiger partial charge in [-0.1, -0.05) is 54.0 Å². The van der Waals surface area contributed by atoms with Gasteiger partial charge in [-0.3, -0.25) is 9.36 Å². The van der Waals surface area contributed by atoms with Crippen molar-refractivity contribution in [1.29, 1.82) is 0 Å². The third kappa shape index (κ3) is 5.19. The molecule has 1 aromatic heterocycles. The summed E-state index contributed by atoms with van der Waals surface area (Å²) >= 11 is 5.77. The molecule has 2 aromatic carbocycles. The number of hydrogen-bond acceptors (Lipinski definition) is 5. The predicted octanol–water partition coefficient (Wildman–Crippen LogP) is 5.03. The lowest BCUT2D eigenvalue weighted by atomic mass is 10.1. The van der Waals surface area contributed by atoms with Crippen molar-refractivity contribution in [2.24, 2.45) is 5.16 Å². The van der Waals surface area contributed by atoms with E-state index in [1.54, 1.807) is 13.0 Å². The largest absolute Gasteiger partial charge is 0.505 e. The van der Waals surface area contributed by atoms with Gasteiger partial charge < -0.3 is 9.94 Å². The highest BCUT2D eigenvalue weighted by atomic mass is 35.5. The lowest BCUT2D eigenvalue weighted by Gasteiger charge is -2.11. The van der Waals surface area contributed by atoms with Gasteiger partial charge in [0.15, 0.2) is 17.3 Å². The van der Waals surface area contributed by atoms with Gasteiger partial charge in [0.25, 0.3) is 5.56 Å². The van der Waals surface area contributed by atoms with Crippen LogP contribution < -0.4 is 5.56 Å². The van der Waals surface area contributed by atoms with Crippen LogP contribution >= 0.6 is 11.6 Å². The van der Waals surface area contributed by atoms with E-state index in [4.69, 9.17) is 16.4 Å². The van der Waals surface area contributed by atoms with Crippen LogP contribution in [0.5, 0.6) is 5.75 Å². The maximum absolute atomic E-state index is 13.5. The number of aryl methyl sites for hydroxylation is 1. The minimum absolute atomic E-state index is 0.163. The van der Waals surface area contributed by atoms with Gasteiger partial charge in [-0.2, -0.15) is 0 Å². The Bertz CT molecular complexity index is 1170. The van der Waals surface area contributed by atoms with Gasteiger partial charge in [-0.05, 0) is 25.1 Å². The van der Waals surface area contributed by atoms with Crippen LogP contribution in [0.15, 0.2) is 64.6 Å². The van der Waals surface area contributed by atoms with Crippen molar-refractivity contribution in [2.45, 2.75) is 26.8 Å². The first-order chi connectivity index (χ1) is 14.9. The quantitative estimate of drug-likeness (QED) is 0.317. The molecular weight excluding hydrogens is 421 g/mol. The molecular formula is C23H21ClFN3O3. The molecule has 0 atom stereocenters. The average molecular weight is 442 g/mol. The zero-order chi connectivity index (χ0) is 22.4. The molecule has 0 unspecified atom stereocenters. The van der Waals surface area contributed by atoms with E-state index in [0.717, 1.165) is 5.56 Å². The Morgan fingerprint density at radius 3 is 2.68 bits per heavy atom. The number of rotatable bonds is 7. The van der Waals surface area contributed by atoms with Gasteiger partial charge in [-0.15, -0.1) is 0 Å². The highest BCUT2D eigenvalue weighted by Crippen LogP contribution is 2.29. The predicted molar refractivity (Wildman–Crippen MR) is 120 cm³/mol. The number of allylic oxidation sites excluding steroid dienone is 1. The molecule has 0 saturated heterocycles. The Labute approximate surface area is 183 Å². The first kappa shape index (κ1) is 22.2. The third-order valence-electron chi connectivity index (χ3n) is 4.52. The van der Waals surface area contributed by atoms with E-state index in [2.05, 4.69) is 10.1 Å². The molecule has 0 radical (unpaired) electrons. The fourth-order valence-corrected chi connectivity index (χ4v) is 3.19. The molecule has 3 rings (SSSR count). The van der Waals surface area contributed by atoms with E-state index in [0.29, 0.717) is 23.5 Å². The van der Waals surface area contributed by atoms with Crippen LogP contribution in [0.2, 0.25) is 5.02 Å². The van der Waals surface area contributed by atoms with E-state index in [-0.39, 0.29) is 22.9 Å². The van der Waals surface area contributed by atoms with Gasteiger partial charge in [0.05, 0.1) is 23.5 Å². The Balaban J connectivity index is 1.77. The number of phenols is 1. The van der Waals surface area contributed by atoms with Gasteiger partial charge in [0.2, 0.25) is 0 Å². The molecule has 0 spiro atoms. The molecule has 0 aliphatic heterocycles. The summed E-state index contributed by atoms with van der Waals surface area (Å²) < 4.78 is 15.0. The van der Waals surface area contributed by atoms with E-state index in [1.165, 1.54) is 29.0 Å². The molecule has 6 nitrogen and oxygen atoms in total. The van der Waals surface area contributed by atoms with E-state index in [1.807, 2.05) is 37.3 Å². The second-order valence-electron chi connectivity index (χ2n) is 6.55. The van der Waals surface area contributed by atoms with Crippen LogP contribution in [0.1, 0.15) is 25.2 Å². The number of benzene rings is 2. The van der Waals surface area contributed by atoms with Crippen LogP contribution in [-0.4, -0.2) is 20.9 Å². The van der Waals surface area contributed by atoms with Crippen LogP contribution in [-0.2, 0) is 17.8 Å². The molecule has 3 aromatic rings. The number of phenolic OH excluding ortho intramolecular Hbond substituents is 1. The Kier molecular flexibility index (Phi) is 7.20. The van der Waals surface area contributed by atoms with Crippen LogP contribution in [0.3, 0.4) is 0 Å². The molecule has 0 amide bonds. The summed E-state index contributed by atoms with van der Waals surface area (Å²) in [5.41, 5.74) is 1.66. The van der Waals surface area contributed by atoms with Gasteiger partial charge >= 0.3 is 0 Å². The number of hydrogen-bond donors (Lipinski definition) is 1. The highest BCUT2D eigenvalue weighted by Gasteiger charge is 2.12. The zero-order valence-electron chi connectivity index (χ0n) is 17.0. The first-order valence-electron chi connectivity index (χ1n) is 9.64. The topological polar surface area (TPSA) is 76.7 Å². The molecule has 1 heterocycles. The van der Waals surface area contributed by atoms with Gasteiger partial charge in [0.1, 0.15) is 5.82 Å². The Morgan fingerprint density at radius 2 is 2.03 bits per heavy atom. The molecule has 0 saturated carbocycles. The molecule has 0 fully saturated rings. The Hall–Kier alpha value is -3.45. The molecule has 0 bridgehead atoms. The van der Waals surface area contributed by atoms with Crippen molar-refractivity contribution in [3.8, 4) is 17.0 Å². The first-order valence-corrected chi connectivity index (χ1v) is 10.0. The van der Waals surface area contributed by atoms with Crippen LogP contribution in [0, 0.1) is 5.82 Å². The summed E-state index contributed by atoms with van der Waals surface area (Å²) in [6.45, 7) is 3.78. The molecule has 1 N–H and O–H groups in total. The second-order valence-corrected chi connectivity index (χ2v) is 6.96. The monoisotopic (exact) mass is 441 g/mol. The summed E-state index contributed by atoms with van der Waals surface area (Å²) in [6, 6.07) is 13.5. The molecule has 160 valence electrons. The number of nitrogens with zero attached hydrogens (tertiary/aromatic N) is 3. The average Bonchev–Trinajstić information content (AvgIpc) is 2.78. The maximum atomic E-state index is 13.5. The highest BCUT2D eigenvalue weighted by molar-refractivity contribution is 6.31. The summed E-state index contributed by atoms with van der Waals surface area (Å²) in [4.78, 5) is 22.6. The standard InChI is InChI=1S/C23H21ClFN3O3/c1-3-20(16-12-17(24)23(25)19(29)13-16)31-26-10-11-28-21(4-2)27-18(14-22(28)30)15-8-6-5-7-9-15/h3,5-10,12-14,29H,4,11H2,1-2H3/b20-3-,26-10+. The van der Waals surface area contributed by atoms with Gasteiger partial charge in [-0.25, -0.2) is 9.37 Å². The van der Waals surface area contributed by atoms with Gasteiger partial charge in [0, 0.05) is 23.6 Å². The lowest BCUT2D eigenvalue weighted by molar-refractivity contribution is 0.298. The third-order valence-corrected chi connectivity index (χ3v) is 4.79. The summed E-state index contributed by atoms with van der Waals surface area (Å²) in [5, 5.41) is 13.3. The number of aromatic hydroxyl groups is 1. The SMILES string of the molecule is C/C=C(\O/N=C/Cn1c(CC)nc(-c2ccccc2)cc1=O)c1cc(O)c(F)c(Cl)c1. The van der Waals surface area contributed by atoms with Crippen LogP contribution in [0.4, 0.5) is 4.39 Å². The molecule has 0 aliphatic rings. The summed E-state index contributed by atoms with van der Waals surface area (Å²) in [5.74, 6) is -0.589. The van der Waals surface area contributed by atoms with E-state index >= 15 is 0 Å². The fourth-order valence-electron chi connectivity index (χ4n) is 2.97. The lowest BCUT2D eigenvalue weighted by Crippen LogP contribution is -2.25. The van der Waals surface area contributed by atoms with Crippen molar-refractivity contribution in [3.63, 3.8) is 0 Å².